The molecule has 0 atom stereocenters. The van der Waals surface area contributed by atoms with Crippen molar-refractivity contribution in [2.75, 3.05) is 0 Å². The third-order valence-corrected chi connectivity index (χ3v) is 4.44. The number of nitrogens with zero attached hydrogens (tertiary/aromatic N) is 2. The Morgan fingerprint density at radius 3 is 2.23 bits per heavy atom. The van der Waals surface area contributed by atoms with Crippen LogP contribution in [0.5, 0.6) is 0 Å². The minimum Gasteiger partial charge on any atom is -0.267 e. The van der Waals surface area contributed by atoms with Gasteiger partial charge in [-0.3, -0.25) is 4.68 Å². The lowest BCUT2D eigenvalue weighted by molar-refractivity contribution is -0.137. The SMILES string of the molecule is Cn1nc(-c2ccccc2)c2cc(-c3ccccc3C(F)(F)F)ccc21. The molecule has 0 aliphatic heterocycles. The molecule has 130 valence electrons. The molecule has 0 bridgehead atoms. The Bertz CT molecular complexity index is 1080. The molecule has 0 radical (unpaired) electrons. The number of benzene rings is 3. The highest BCUT2D eigenvalue weighted by molar-refractivity contribution is 5.96. The fraction of sp³-hybridized carbons (Fsp3) is 0.0952. The first-order valence-electron chi connectivity index (χ1n) is 8.14. The molecule has 5 heteroatoms. The molecule has 0 N–H and O–H groups in total. The smallest absolute Gasteiger partial charge is 0.267 e. The van der Waals surface area contributed by atoms with Crippen molar-refractivity contribution in [2.45, 2.75) is 6.18 Å². The van der Waals surface area contributed by atoms with E-state index in [1.807, 2.05) is 43.4 Å². The fourth-order valence-electron chi connectivity index (χ4n) is 3.22. The molecule has 2 nitrogen and oxygen atoms in total. The number of halogens is 3. The number of rotatable bonds is 2. The molecule has 0 amide bonds. The maximum Gasteiger partial charge on any atom is 0.417 e. The van der Waals surface area contributed by atoms with Crippen LogP contribution < -0.4 is 0 Å². The Morgan fingerprint density at radius 1 is 0.808 bits per heavy atom. The highest BCUT2D eigenvalue weighted by Gasteiger charge is 2.33. The predicted molar refractivity (Wildman–Crippen MR) is 96.6 cm³/mol. The second kappa shape index (κ2) is 6.02. The zero-order valence-corrected chi connectivity index (χ0v) is 14.0. The molecule has 4 aromatic rings. The van der Waals surface area contributed by atoms with Gasteiger partial charge in [-0.2, -0.15) is 18.3 Å². The number of alkyl halides is 3. The molecule has 1 heterocycles. The van der Waals surface area contributed by atoms with E-state index in [0.29, 0.717) is 5.56 Å². The molecule has 0 saturated heterocycles. The van der Waals surface area contributed by atoms with Crippen molar-refractivity contribution in [1.82, 2.24) is 9.78 Å². The van der Waals surface area contributed by atoms with E-state index in [9.17, 15) is 13.2 Å². The molecule has 0 fully saturated rings. The van der Waals surface area contributed by atoms with Gasteiger partial charge in [-0.15, -0.1) is 0 Å². The average Bonchev–Trinajstić information content (AvgIpc) is 2.98. The van der Waals surface area contributed by atoms with Gasteiger partial charge in [0.25, 0.3) is 0 Å². The fourth-order valence-corrected chi connectivity index (χ4v) is 3.22. The molecule has 0 saturated carbocycles. The molecule has 0 aliphatic carbocycles. The first kappa shape index (κ1) is 16.4. The topological polar surface area (TPSA) is 17.8 Å². The predicted octanol–water partition coefficient (Wildman–Crippen LogP) is 5.93. The van der Waals surface area contributed by atoms with Gasteiger partial charge in [0, 0.05) is 18.0 Å². The third kappa shape index (κ3) is 2.75. The highest BCUT2D eigenvalue weighted by atomic mass is 19.4. The maximum absolute atomic E-state index is 13.4. The molecule has 1 aromatic heterocycles. The zero-order valence-electron chi connectivity index (χ0n) is 14.0. The summed E-state index contributed by atoms with van der Waals surface area (Å²) in [7, 11) is 1.83. The molecule has 3 aromatic carbocycles. The minimum atomic E-state index is -4.40. The molecular weight excluding hydrogens is 337 g/mol. The standard InChI is InChI=1S/C21H15F3N2/c1-26-19-12-11-15(16-9-5-6-10-18(16)21(22,23)24)13-17(19)20(25-26)14-7-3-2-4-8-14/h2-13H,1H3. The van der Waals surface area contributed by atoms with Gasteiger partial charge in [0.05, 0.1) is 11.1 Å². The van der Waals surface area contributed by atoms with Crippen LogP contribution >= 0.6 is 0 Å². The van der Waals surface area contributed by atoms with E-state index in [4.69, 9.17) is 0 Å². The van der Waals surface area contributed by atoms with Gasteiger partial charge in [0.1, 0.15) is 5.69 Å². The van der Waals surface area contributed by atoms with Crippen LogP contribution in [0.2, 0.25) is 0 Å². The van der Waals surface area contributed by atoms with Crippen molar-refractivity contribution in [3.8, 4) is 22.4 Å². The van der Waals surface area contributed by atoms with E-state index in [1.165, 1.54) is 12.1 Å². The summed E-state index contributed by atoms with van der Waals surface area (Å²) in [5.74, 6) is 0. The Morgan fingerprint density at radius 2 is 1.50 bits per heavy atom. The van der Waals surface area contributed by atoms with Crippen LogP contribution in [0, 0.1) is 0 Å². The van der Waals surface area contributed by atoms with Crippen LogP contribution in [0.25, 0.3) is 33.3 Å². The van der Waals surface area contributed by atoms with Crippen molar-refractivity contribution < 1.29 is 13.2 Å². The summed E-state index contributed by atoms with van der Waals surface area (Å²) in [6, 6.07) is 20.6. The van der Waals surface area contributed by atoms with Gasteiger partial charge in [0.2, 0.25) is 0 Å². The summed E-state index contributed by atoms with van der Waals surface area (Å²) in [5.41, 5.74) is 2.62. The summed E-state index contributed by atoms with van der Waals surface area (Å²) in [5, 5.41) is 5.39. The number of hydrogen-bond donors (Lipinski definition) is 0. The lowest BCUT2D eigenvalue weighted by Gasteiger charge is -2.13. The first-order chi connectivity index (χ1) is 12.4. The molecule has 26 heavy (non-hydrogen) atoms. The van der Waals surface area contributed by atoms with Crippen molar-refractivity contribution in [3.05, 3.63) is 78.4 Å². The molecule has 0 spiro atoms. The van der Waals surface area contributed by atoms with Gasteiger partial charge >= 0.3 is 6.18 Å². The van der Waals surface area contributed by atoms with E-state index in [1.54, 1.807) is 22.9 Å². The van der Waals surface area contributed by atoms with Crippen LogP contribution in [-0.2, 0) is 13.2 Å². The minimum absolute atomic E-state index is 0.171. The highest BCUT2D eigenvalue weighted by Crippen LogP contribution is 2.38. The van der Waals surface area contributed by atoms with Crippen LogP contribution in [0.4, 0.5) is 13.2 Å². The largest absolute Gasteiger partial charge is 0.417 e. The second-order valence-electron chi connectivity index (χ2n) is 6.11. The Balaban J connectivity index is 1.95. The number of aromatic nitrogens is 2. The second-order valence-corrected chi connectivity index (χ2v) is 6.11. The van der Waals surface area contributed by atoms with Gasteiger partial charge in [-0.1, -0.05) is 54.6 Å². The number of fused-ring (bicyclic) bond motifs is 1. The lowest BCUT2D eigenvalue weighted by Crippen LogP contribution is -2.06. The van der Waals surface area contributed by atoms with Crippen LogP contribution in [0.1, 0.15) is 5.56 Å². The Hall–Kier alpha value is -3.08. The van der Waals surface area contributed by atoms with Crippen molar-refractivity contribution in [3.63, 3.8) is 0 Å². The van der Waals surface area contributed by atoms with Crippen LogP contribution in [-0.4, -0.2) is 9.78 Å². The average molecular weight is 352 g/mol. The van der Waals surface area contributed by atoms with E-state index in [0.717, 1.165) is 28.2 Å². The van der Waals surface area contributed by atoms with E-state index in [-0.39, 0.29) is 5.56 Å². The maximum atomic E-state index is 13.4. The molecule has 0 unspecified atom stereocenters. The molecular formula is C21H15F3N2. The van der Waals surface area contributed by atoms with Crippen molar-refractivity contribution in [2.24, 2.45) is 7.05 Å². The van der Waals surface area contributed by atoms with E-state index < -0.39 is 11.7 Å². The van der Waals surface area contributed by atoms with E-state index >= 15 is 0 Å². The van der Waals surface area contributed by atoms with Crippen molar-refractivity contribution >= 4 is 10.9 Å². The monoisotopic (exact) mass is 352 g/mol. The third-order valence-electron chi connectivity index (χ3n) is 4.44. The summed E-state index contributed by atoms with van der Waals surface area (Å²) in [6.45, 7) is 0. The zero-order chi connectivity index (χ0) is 18.3. The summed E-state index contributed by atoms with van der Waals surface area (Å²) in [4.78, 5) is 0. The van der Waals surface area contributed by atoms with Gasteiger partial charge in [0.15, 0.2) is 0 Å². The molecule has 4 rings (SSSR count). The number of hydrogen-bond acceptors (Lipinski definition) is 1. The van der Waals surface area contributed by atoms with Crippen LogP contribution in [0.3, 0.4) is 0 Å². The van der Waals surface area contributed by atoms with Gasteiger partial charge in [-0.05, 0) is 29.3 Å². The van der Waals surface area contributed by atoms with Crippen LogP contribution in [0.15, 0.2) is 72.8 Å². The van der Waals surface area contributed by atoms with Gasteiger partial charge < -0.3 is 0 Å². The summed E-state index contributed by atoms with van der Waals surface area (Å²) < 4.78 is 41.9. The lowest BCUT2D eigenvalue weighted by atomic mass is 9.97. The summed E-state index contributed by atoms with van der Waals surface area (Å²) in [6.07, 6.45) is -4.40. The van der Waals surface area contributed by atoms with E-state index in [2.05, 4.69) is 5.10 Å². The first-order valence-corrected chi connectivity index (χ1v) is 8.14. The number of aryl methyl sites for hydroxylation is 1. The summed E-state index contributed by atoms with van der Waals surface area (Å²) >= 11 is 0. The Kier molecular flexibility index (Phi) is 3.80. The quantitative estimate of drug-likeness (QED) is 0.437. The normalized spacial score (nSPS) is 11.8. The van der Waals surface area contributed by atoms with Crippen molar-refractivity contribution in [1.29, 1.82) is 0 Å². The van der Waals surface area contributed by atoms with Gasteiger partial charge in [-0.25, -0.2) is 0 Å². The Labute approximate surface area is 148 Å². The molecule has 0 aliphatic rings.